The van der Waals surface area contributed by atoms with E-state index in [1.54, 1.807) is 0 Å². The maximum Gasteiger partial charge on any atom is 0.407 e. The minimum absolute atomic E-state index is 0.0163. The monoisotopic (exact) mass is 290 g/mol. The molecule has 1 saturated heterocycles. The Bertz CT molecular complexity index is 504. The van der Waals surface area contributed by atoms with Crippen molar-refractivity contribution in [2.24, 2.45) is 0 Å². The van der Waals surface area contributed by atoms with Crippen LogP contribution < -0.4 is 5.32 Å². The van der Waals surface area contributed by atoms with Crippen molar-refractivity contribution in [3.05, 3.63) is 35.9 Å². The molecule has 1 aliphatic rings. The highest BCUT2D eigenvalue weighted by molar-refractivity contribution is 5.82. The summed E-state index contributed by atoms with van der Waals surface area (Å²) in [5, 5.41) is 2.44. The largest absolute Gasteiger partial charge is 0.453 e. The van der Waals surface area contributed by atoms with Crippen LogP contribution in [0.5, 0.6) is 0 Å². The number of nitrogens with one attached hydrogen (secondary N) is 1. The van der Waals surface area contributed by atoms with E-state index in [2.05, 4.69) is 29.1 Å². The Balaban J connectivity index is 2.00. The zero-order valence-electron chi connectivity index (χ0n) is 12.6. The van der Waals surface area contributed by atoms with E-state index in [0.29, 0.717) is 6.54 Å². The second-order valence-electron chi connectivity index (χ2n) is 5.69. The minimum atomic E-state index is -0.578. The summed E-state index contributed by atoms with van der Waals surface area (Å²) in [5.41, 5.74) is 1.23. The Morgan fingerprint density at radius 2 is 2.05 bits per heavy atom. The molecule has 114 valence electrons. The summed E-state index contributed by atoms with van der Waals surface area (Å²) in [6, 6.07) is 10.3. The molecule has 1 aromatic carbocycles. The normalized spacial score (nSPS) is 21.7. The van der Waals surface area contributed by atoms with Gasteiger partial charge in [0.05, 0.1) is 7.11 Å². The maximum absolute atomic E-state index is 12.2. The van der Waals surface area contributed by atoms with Crippen molar-refractivity contribution in [2.45, 2.75) is 25.2 Å². The number of benzene rings is 1. The van der Waals surface area contributed by atoms with E-state index in [-0.39, 0.29) is 17.9 Å². The number of amides is 2. The molecule has 1 unspecified atom stereocenters. The van der Waals surface area contributed by atoms with Crippen LogP contribution in [-0.2, 0) is 14.9 Å². The Kier molecular flexibility index (Phi) is 4.83. The van der Waals surface area contributed by atoms with Gasteiger partial charge in [0.1, 0.15) is 6.54 Å². The molecule has 1 fully saturated rings. The Morgan fingerprint density at radius 3 is 2.71 bits per heavy atom. The number of rotatable bonds is 3. The number of carbonyl (C=O) groups excluding carboxylic acids is 2. The number of piperidine rings is 1. The van der Waals surface area contributed by atoms with E-state index in [9.17, 15) is 9.59 Å². The molecule has 5 heteroatoms. The van der Waals surface area contributed by atoms with E-state index in [0.717, 1.165) is 19.4 Å². The van der Waals surface area contributed by atoms with Crippen LogP contribution >= 0.6 is 0 Å². The molecule has 1 aromatic rings. The molecule has 2 rings (SSSR count). The smallest absolute Gasteiger partial charge is 0.407 e. The lowest BCUT2D eigenvalue weighted by molar-refractivity contribution is -0.132. The van der Waals surface area contributed by atoms with Crippen molar-refractivity contribution in [3.63, 3.8) is 0 Å². The van der Waals surface area contributed by atoms with E-state index >= 15 is 0 Å². The highest BCUT2D eigenvalue weighted by atomic mass is 16.5. The summed E-state index contributed by atoms with van der Waals surface area (Å²) in [6.45, 7) is 3.59. The molecule has 2 amide bonds. The predicted molar refractivity (Wildman–Crippen MR) is 80.0 cm³/mol. The van der Waals surface area contributed by atoms with Crippen molar-refractivity contribution in [1.82, 2.24) is 10.2 Å². The van der Waals surface area contributed by atoms with Gasteiger partial charge in [-0.2, -0.15) is 0 Å². The number of nitrogens with zero attached hydrogens (tertiary/aromatic N) is 1. The summed E-state index contributed by atoms with van der Waals surface area (Å²) >= 11 is 0. The average molecular weight is 290 g/mol. The fourth-order valence-electron chi connectivity index (χ4n) is 2.86. The average Bonchev–Trinajstić information content (AvgIpc) is 2.53. The molecule has 21 heavy (non-hydrogen) atoms. The topological polar surface area (TPSA) is 58.6 Å². The van der Waals surface area contributed by atoms with Crippen LogP contribution in [0.3, 0.4) is 0 Å². The first-order chi connectivity index (χ1) is 10.0. The van der Waals surface area contributed by atoms with Crippen molar-refractivity contribution in [1.29, 1.82) is 0 Å². The first-order valence-corrected chi connectivity index (χ1v) is 7.20. The highest BCUT2D eigenvalue weighted by Crippen LogP contribution is 2.33. The molecule has 1 heterocycles. The Morgan fingerprint density at radius 1 is 1.33 bits per heavy atom. The molecule has 5 nitrogen and oxygen atoms in total. The number of likely N-dealkylation sites (tertiary alicyclic amines) is 1. The fourth-order valence-corrected chi connectivity index (χ4v) is 2.86. The van der Waals surface area contributed by atoms with Crippen molar-refractivity contribution >= 4 is 12.0 Å². The van der Waals surface area contributed by atoms with Crippen LogP contribution in [0.1, 0.15) is 25.3 Å². The lowest BCUT2D eigenvalue weighted by atomic mass is 9.76. The van der Waals surface area contributed by atoms with Crippen molar-refractivity contribution in [3.8, 4) is 0 Å². The first kappa shape index (κ1) is 15.4. The second-order valence-corrected chi connectivity index (χ2v) is 5.69. The third-order valence-corrected chi connectivity index (χ3v) is 4.09. The van der Waals surface area contributed by atoms with Crippen LogP contribution in [-0.4, -0.2) is 43.6 Å². The summed E-state index contributed by atoms with van der Waals surface area (Å²) in [5.74, 6) is -0.0674. The number of carbonyl (C=O) groups is 2. The van der Waals surface area contributed by atoms with Gasteiger partial charge in [0.15, 0.2) is 0 Å². The Labute approximate surface area is 125 Å². The summed E-state index contributed by atoms with van der Waals surface area (Å²) in [7, 11) is 1.28. The van der Waals surface area contributed by atoms with Crippen molar-refractivity contribution in [2.75, 3.05) is 26.7 Å². The van der Waals surface area contributed by atoms with Crippen LogP contribution in [0.15, 0.2) is 30.3 Å². The molecule has 1 N–H and O–H groups in total. The van der Waals surface area contributed by atoms with Gasteiger partial charge in [0.25, 0.3) is 0 Å². The maximum atomic E-state index is 12.2. The van der Waals surface area contributed by atoms with Gasteiger partial charge in [-0.1, -0.05) is 37.3 Å². The van der Waals surface area contributed by atoms with Crippen LogP contribution in [0.4, 0.5) is 4.79 Å². The number of methoxy groups -OCH3 is 1. The molecular formula is C16H22N2O3. The third kappa shape index (κ3) is 3.74. The van der Waals surface area contributed by atoms with Crippen LogP contribution in [0.25, 0.3) is 0 Å². The molecule has 0 bridgehead atoms. The lowest BCUT2D eigenvalue weighted by Crippen LogP contribution is -2.50. The molecule has 1 aliphatic heterocycles. The highest BCUT2D eigenvalue weighted by Gasteiger charge is 2.34. The SMILES string of the molecule is COC(=O)NCC(=O)N1CCCC(C)(c2ccccc2)C1. The van der Waals surface area contributed by atoms with E-state index in [1.807, 2.05) is 23.1 Å². The molecular weight excluding hydrogens is 268 g/mol. The zero-order chi connectivity index (χ0) is 15.3. The number of hydrogen-bond donors (Lipinski definition) is 1. The predicted octanol–water partition coefficient (Wildman–Crippen LogP) is 1.92. The summed E-state index contributed by atoms with van der Waals surface area (Å²) in [6.07, 6.45) is 1.45. The fraction of sp³-hybridized carbons (Fsp3) is 0.500. The van der Waals surface area contributed by atoms with Gasteiger partial charge in [-0.05, 0) is 18.4 Å². The second kappa shape index (κ2) is 6.61. The van der Waals surface area contributed by atoms with Crippen LogP contribution in [0, 0.1) is 0 Å². The molecule has 1 atom stereocenters. The van der Waals surface area contributed by atoms with Gasteiger partial charge in [-0.15, -0.1) is 0 Å². The zero-order valence-corrected chi connectivity index (χ0v) is 12.6. The van der Waals surface area contributed by atoms with E-state index in [4.69, 9.17) is 0 Å². The minimum Gasteiger partial charge on any atom is -0.453 e. The quantitative estimate of drug-likeness (QED) is 0.925. The number of ether oxygens (including phenoxy) is 1. The van der Waals surface area contributed by atoms with Crippen molar-refractivity contribution < 1.29 is 14.3 Å². The van der Waals surface area contributed by atoms with Gasteiger partial charge in [-0.3, -0.25) is 4.79 Å². The van der Waals surface area contributed by atoms with Gasteiger partial charge < -0.3 is 15.0 Å². The number of alkyl carbamates (subject to hydrolysis) is 1. The Hall–Kier alpha value is -2.04. The van der Waals surface area contributed by atoms with Gasteiger partial charge in [0, 0.05) is 18.5 Å². The van der Waals surface area contributed by atoms with Gasteiger partial charge in [0.2, 0.25) is 5.91 Å². The summed E-state index contributed by atoms with van der Waals surface area (Å²) in [4.78, 5) is 25.1. The third-order valence-electron chi connectivity index (χ3n) is 4.09. The molecule has 0 saturated carbocycles. The molecule has 0 radical (unpaired) electrons. The molecule has 0 spiro atoms. The van der Waals surface area contributed by atoms with Gasteiger partial charge >= 0.3 is 6.09 Å². The lowest BCUT2D eigenvalue weighted by Gasteiger charge is -2.41. The van der Waals surface area contributed by atoms with E-state index < -0.39 is 6.09 Å². The first-order valence-electron chi connectivity index (χ1n) is 7.20. The summed E-state index contributed by atoms with van der Waals surface area (Å²) < 4.78 is 4.48. The van der Waals surface area contributed by atoms with Gasteiger partial charge in [-0.25, -0.2) is 4.79 Å². The molecule has 0 aliphatic carbocycles. The molecule has 0 aromatic heterocycles. The standard InChI is InChI=1S/C16H22N2O3/c1-16(13-7-4-3-5-8-13)9-6-10-18(12-16)14(19)11-17-15(20)21-2/h3-5,7-8H,6,9-12H2,1-2H3,(H,17,20). The van der Waals surface area contributed by atoms with Crippen LogP contribution in [0.2, 0.25) is 0 Å². The van der Waals surface area contributed by atoms with E-state index in [1.165, 1.54) is 12.7 Å². The number of hydrogen-bond acceptors (Lipinski definition) is 3.